The average molecular weight is 354 g/mol. The number of methoxy groups -OCH3 is 1. The van der Waals surface area contributed by atoms with Crippen LogP contribution in [-0.4, -0.2) is 25.6 Å². The zero-order valence-corrected chi connectivity index (χ0v) is 13.6. The summed E-state index contributed by atoms with van der Waals surface area (Å²) in [6, 6.07) is 11.2. The maximum atomic E-state index is 11.9. The maximum Gasteiger partial charge on any atom is 0.338 e. The number of amides is 1. The molecule has 5 nitrogen and oxygen atoms in total. The molecule has 0 aliphatic rings. The van der Waals surface area contributed by atoms with Crippen LogP contribution in [0.5, 0.6) is 5.75 Å². The van der Waals surface area contributed by atoms with Gasteiger partial charge in [-0.2, -0.15) is 0 Å². The topological polar surface area (TPSA) is 64.6 Å². The molecule has 0 heterocycles. The Morgan fingerprint density at radius 1 is 1.09 bits per heavy atom. The molecule has 7 heteroatoms. The van der Waals surface area contributed by atoms with E-state index in [1.165, 1.54) is 25.3 Å². The van der Waals surface area contributed by atoms with Crippen LogP contribution < -0.4 is 10.1 Å². The smallest absolute Gasteiger partial charge is 0.338 e. The lowest BCUT2D eigenvalue weighted by molar-refractivity contribution is -0.119. The minimum Gasteiger partial charge on any atom is -0.495 e. The molecule has 120 valence electrons. The van der Waals surface area contributed by atoms with Crippen molar-refractivity contribution in [2.24, 2.45) is 0 Å². The zero-order chi connectivity index (χ0) is 16.8. The van der Waals surface area contributed by atoms with Gasteiger partial charge in [0, 0.05) is 0 Å². The summed E-state index contributed by atoms with van der Waals surface area (Å²) in [5.41, 5.74) is 0.704. The molecule has 2 aromatic rings. The molecule has 0 atom stereocenters. The molecule has 1 N–H and O–H groups in total. The number of rotatable bonds is 5. The summed E-state index contributed by atoms with van der Waals surface area (Å²) in [5.74, 6) is -0.640. The van der Waals surface area contributed by atoms with Crippen LogP contribution in [-0.2, 0) is 9.53 Å². The van der Waals surface area contributed by atoms with E-state index in [0.29, 0.717) is 16.5 Å². The Morgan fingerprint density at radius 3 is 2.52 bits per heavy atom. The van der Waals surface area contributed by atoms with Gasteiger partial charge in [-0.1, -0.05) is 35.3 Å². The fraction of sp³-hybridized carbons (Fsp3) is 0.125. The molecular formula is C16H13Cl2NO4. The molecule has 1 amide bonds. The summed E-state index contributed by atoms with van der Waals surface area (Å²) in [6.45, 7) is -0.433. The number of nitrogens with one attached hydrogen (secondary N) is 1. The highest BCUT2D eigenvalue weighted by atomic mass is 35.5. The van der Waals surface area contributed by atoms with Gasteiger partial charge in [-0.05, 0) is 30.3 Å². The Balaban J connectivity index is 1.93. The number of carbonyl (C=O) groups is 2. The first-order chi connectivity index (χ1) is 11.0. The average Bonchev–Trinajstić information content (AvgIpc) is 2.55. The third kappa shape index (κ3) is 4.61. The molecule has 0 aliphatic heterocycles. The standard InChI is InChI=1S/C16H13Cl2NO4/c1-22-14-5-3-2-4-13(14)19-15(20)9-23-16(21)10-6-7-11(17)12(18)8-10/h2-8H,9H2,1H3,(H,19,20). The highest BCUT2D eigenvalue weighted by molar-refractivity contribution is 6.42. The number of hydrogen-bond donors (Lipinski definition) is 1. The summed E-state index contributed by atoms with van der Waals surface area (Å²) in [6.07, 6.45) is 0. The van der Waals surface area contributed by atoms with Crippen LogP contribution >= 0.6 is 23.2 Å². The number of hydrogen-bond acceptors (Lipinski definition) is 4. The van der Waals surface area contributed by atoms with E-state index in [0.717, 1.165) is 0 Å². The van der Waals surface area contributed by atoms with Gasteiger partial charge in [-0.3, -0.25) is 4.79 Å². The van der Waals surface area contributed by atoms with E-state index in [2.05, 4.69) is 5.32 Å². The van der Waals surface area contributed by atoms with Crippen molar-refractivity contribution in [3.05, 3.63) is 58.1 Å². The van der Waals surface area contributed by atoms with Gasteiger partial charge in [0.1, 0.15) is 5.75 Å². The lowest BCUT2D eigenvalue weighted by atomic mass is 10.2. The highest BCUT2D eigenvalue weighted by Crippen LogP contribution is 2.24. The Kier molecular flexibility index (Phi) is 5.84. The van der Waals surface area contributed by atoms with Crippen molar-refractivity contribution in [1.82, 2.24) is 0 Å². The minimum atomic E-state index is -0.668. The molecule has 0 fully saturated rings. The third-order valence-electron chi connectivity index (χ3n) is 2.87. The van der Waals surface area contributed by atoms with Crippen LogP contribution in [0.15, 0.2) is 42.5 Å². The number of halogens is 2. The summed E-state index contributed by atoms with van der Waals surface area (Å²) >= 11 is 11.6. The van der Waals surface area contributed by atoms with Crippen LogP contribution in [0.2, 0.25) is 10.0 Å². The van der Waals surface area contributed by atoms with Gasteiger partial charge >= 0.3 is 5.97 Å². The number of para-hydroxylation sites is 2. The second-order valence-corrected chi connectivity index (χ2v) is 5.27. The van der Waals surface area contributed by atoms with Crippen molar-refractivity contribution in [3.8, 4) is 5.75 Å². The molecule has 0 aromatic heterocycles. The van der Waals surface area contributed by atoms with E-state index in [9.17, 15) is 9.59 Å². The predicted molar refractivity (Wildman–Crippen MR) is 88.4 cm³/mol. The second-order valence-electron chi connectivity index (χ2n) is 4.45. The van der Waals surface area contributed by atoms with E-state index in [4.69, 9.17) is 32.7 Å². The third-order valence-corrected chi connectivity index (χ3v) is 3.61. The Morgan fingerprint density at radius 2 is 1.83 bits per heavy atom. The quantitative estimate of drug-likeness (QED) is 0.830. The van der Waals surface area contributed by atoms with E-state index < -0.39 is 18.5 Å². The first kappa shape index (κ1) is 17.1. The first-order valence-corrected chi connectivity index (χ1v) is 7.32. The largest absolute Gasteiger partial charge is 0.495 e. The van der Waals surface area contributed by atoms with Gasteiger partial charge < -0.3 is 14.8 Å². The maximum absolute atomic E-state index is 11.9. The molecule has 0 unspecified atom stereocenters. The lowest BCUT2D eigenvalue weighted by Crippen LogP contribution is -2.21. The van der Waals surface area contributed by atoms with Crippen molar-refractivity contribution < 1.29 is 19.1 Å². The van der Waals surface area contributed by atoms with E-state index >= 15 is 0 Å². The first-order valence-electron chi connectivity index (χ1n) is 6.56. The summed E-state index contributed by atoms with van der Waals surface area (Å²) in [5, 5.41) is 3.17. The normalized spacial score (nSPS) is 10.0. The molecule has 2 rings (SSSR count). The zero-order valence-electron chi connectivity index (χ0n) is 12.1. The fourth-order valence-electron chi connectivity index (χ4n) is 1.77. The molecule has 0 bridgehead atoms. The van der Waals surface area contributed by atoms with E-state index in [-0.39, 0.29) is 10.6 Å². The van der Waals surface area contributed by atoms with Crippen LogP contribution in [0.3, 0.4) is 0 Å². The summed E-state index contributed by atoms with van der Waals surface area (Å²) in [4.78, 5) is 23.7. The summed E-state index contributed by atoms with van der Waals surface area (Å²) < 4.78 is 10.1. The summed E-state index contributed by atoms with van der Waals surface area (Å²) in [7, 11) is 1.50. The molecule has 0 saturated carbocycles. The van der Waals surface area contributed by atoms with Crippen LogP contribution in [0.1, 0.15) is 10.4 Å². The van der Waals surface area contributed by atoms with Crippen molar-refractivity contribution >= 4 is 40.8 Å². The molecule has 0 spiro atoms. The molecule has 0 aliphatic carbocycles. The van der Waals surface area contributed by atoms with Crippen molar-refractivity contribution in [1.29, 1.82) is 0 Å². The van der Waals surface area contributed by atoms with Gasteiger partial charge in [-0.25, -0.2) is 4.79 Å². The monoisotopic (exact) mass is 353 g/mol. The predicted octanol–water partition coefficient (Wildman–Crippen LogP) is 3.80. The Hall–Kier alpha value is -2.24. The van der Waals surface area contributed by atoms with E-state index in [1.54, 1.807) is 24.3 Å². The minimum absolute atomic E-state index is 0.212. The van der Waals surface area contributed by atoms with Crippen LogP contribution in [0.25, 0.3) is 0 Å². The SMILES string of the molecule is COc1ccccc1NC(=O)COC(=O)c1ccc(Cl)c(Cl)c1. The molecular weight excluding hydrogens is 341 g/mol. The van der Waals surface area contributed by atoms with Gasteiger partial charge in [0.2, 0.25) is 0 Å². The highest BCUT2D eigenvalue weighted by Gasteiger charge is 2.13. The van der Waals surface area contributed by atoms with Gasteiger partial charge in [0.25, 0.3) is 5.91 Å². The van der Waals surface area contributed by atoms with Crippen LogP contribution in [0.4, 0.5) is 5.69 Å². The van der Waals surface area contributed by atoms with Crippen LogP contribution in [0, 0.1) is 0 Å². The molecule has 2 aromatic carbocycles. The van der Waals surface area contributed by atoms with Gasteiger partial charge in [0.15, 0.2) is 6.61 Å². The second kappa shape index (κ2) is 7.85. The molecule has 23 heavy (non-hydrogen) atoms. The van der Waals surface area contributed by atoms with Gasteiger partial charge in [-0.15, -0.1) is 0 Å². The number of esters is 1. The van der Waals surface area contributed by atoms with Crippen molar-refractivity contribution in [3.63, 3.8) is 0 Å². The molecule has 0 radical (unpaired) electrons. The van der Waals surface area contributed by atoms with Gasteiger partial charge in [0.05, 0.1) is 28.4 Å². The molecule has 0 saturated heterocycles. The number of ether oxygens (including phenoxy) is 2. The van der Waals surface area contributed by atoms with Crippen molar-refractivity contribution in [2.45, 2.75) is 0 Å². The lowest BCUT2D eigenvalue weighted by Gasteiger charge is -2.10. The van der Waals surface area contributed by atoms with Crippen molar-refractivity contribution in [2.75, 3.05) is 19.0 Å². The number of benzene rings is 2. The Bertz CT molecular complexity index is 734. The Labute approximate surface area is 143 Å². The number of anilines is 1. The number of carbonyl (C=O) groups excluding carboxylic acids is 2. The van der Waals surface area contributed by atoms with E-state index in [1.807, 2.05) is 0 Å². The fourth-order valence-corrected chi connectivity index (χ4v) is 2.07.